The van der Waals surface area contributed by atoms with Crippen LogP contribution in [-0.2, 0) is 20.5 Å². The van der Waals surface area contributed by atoms with Crippen LogP contribution in [0.25, 0.3) is 0 Å². The first-order chi connectivity index (χ1) is 7.99. The van der Waals surface area contributed by atoms with Gasteiger partial charge in [-0.1, -0.05) is 0 Å². The molecule has 0 atom stereocenters. The van der Waals surface area contributed by atoms with Gasteiger partial charge in [0.05, 0.1) is 17.5 Å². The van der Waals surface area contributed by atoms with Crippen molar-refractivity contribution in [2.24, 2.45) is 14.1 Å². The Kier molecular flexibility index (Phi) is 2.83. The average Bonchev–Trinajstić information content (AvgIpc) is 2.79. The summed E-state index contributed by atoms with van der Waals surface area (Å²) in [6.45, 7) is 3.91. The Morgan fingerprint density at radius 1 is 1.35 bits per heavy atom. The molecule has 17 heavy (non-hydrogen) atoms. The lowest BCUT2D eigenvalue weighted by Crippen LogP contribution is -2.04. The highest BCUT2D eigenvalue weighted by Gasteiger charge is 2.15. The van der Waals surface area contributed by atoms with Crippen LogP contribution in [-0.4, -0.2) is 25.3 Å². The number of aromatic nitrogens is 4. The molecule has 0 spiro atoms. The van der Waals surface area contributed by atoms with Crippen LogP contribution in [0.2, 0.25) is 0 Å². The van der Waals surface area contributed by atoms with E-state index in [1.807, 2.05) is 20.9 Å². The Morgan fingerprint density at radius 3 is 2.53 bits per heavy atom. The van der Waals surface area contributed by atoms with E-state index in [1.165, 1.54) is 0 Å². The highest BCUT2D eigenvalue weighted by atomic mass is 16.1. The van der Waals surface area contributed by atoms with Gasteiger partial charge in [-0.15, -0.1) is 0 Å². The van der Waals surface area contributed by atoms with Crippen molar-refractivity contribution in [1.29, 1.82) is 0 Å². The minimum Gasteiger partial charge on any atom is -0.294 e. The normalized spacial score (nSPS) is 10.8. The van der Waals surface area contributed by atoms with E-state index in [4.69, 9.17) is 0 Å². The van der Waals surface area contributed by atoms with Gasteiger partial charge in [0.2, 0.25) is 0 Å². The Labute approximate surface area is 100 Å². The first-order valence-electron chi connectivity index (χ1n) is 5.50. The molecule has 0 radical (unpaired) electrons. The van der Waals surface area contributed by atoms with Crippen molar-refractivity contribution in [2.75, 3.05) is 0 Å². The summed E-state index contributed by atoms with van der Waals surface area (Å²) in [5.74, 6) is 0.0808. The smallest absolute Gasteiger partial charge is 0.170 e. The highest BCUT2D eigenvalue weighted by Crippen LogP contribution is 2.15. The Hall–Kier alpha value is -1.91. The summed E-state index contributed by atoms with van der Waals surface area (Å²) >= 11 is 0. The molecule has 5 heteroatoms. The monoisotopic (exact) mass is 232 g/mol. The predicted octanol–water partition coefficient (Wildman–Crippen LogP) is 1.20. The largest absolute Gasteiger partial charge is 0.294 e. The van der Waals surface area contributed by atoms with Crippen molar-refractivity contribution in [1.82, 2.24) is 19.6 Å². The predicted molar refractivity (Wildman–Crippen MR) is 63.9 cm³/mol. The van der Waals surface area contributed by atoms with Crippen molar-refractivity contribution < 1.29 is 4.79 Å². The lowest BCUT2D eigenvalue weighted by molar-refractivity contribution is 0.0992. The minimum atomic E-state index is 0.0808. The summed E-state index contributed by atoms with van der Waals surface area (Å²) in [7, 11) is 3.69. The second-order valence-electron chi connectivity index (χ2n) is 4.28. The van der Waals surface area contributed by atoms with Crippen LogP contribution in [0, 0.1) is 13.8 Å². The number of hydrogen-bond donors (Lipinski definition) is 0. The lowest BCUT2D eigenvalue weighted by atomic mass is 10.0. The van der Waals surface area contributed by atoms with Gasteiger partial charge in [-0.3, -0.25) is 14.2 Å². The van der Waals surface area contributed by atoms with Gasteiger partial charge in [0.15, 0.2) is 5.78 Å². The zero-order valence-corrected chi connectivity index (χ0v) is 10.6. The molecule has 2 aromatic heterocycles. The number of aryl methyl sites for hydroxylation is 3. The van der Waals surface area contributed by atoms with E-state index in [2.05, 4.69) is 10.2 Å². The van der Waals surface area contributed by atoms with Gasteiger partial charge in [-0.05, 0) is 13.8 Å². The van der Waals surface area contributed by atoms with Gasteiger partial charge in [0, 0.05) is 38.0 Å². The van der Waals surface area contributed by atoms with E-state index in [0.717, 1.165) is 17.0 Å². The Bertz CT molecular complexity index is 565. The minimum absolute atomic E-state index is 0.0808. The Balaban J connectivity index is 2.24. The molecule has 0 unspecified atom stereocenters. The van der Waals surface area contributed by atoms with Gasteiger partial charge in [-0.2, -0.15) is 10.2 Å². The molecular formula is C12H16N4O. The molecule has 0 aliphatic rings. The van der Waals surface area contributed by atoms with Gasteiger partial charge in [0.25, 0.3) is 0 Å². The molecule has 0 saturated heterocycles. The first-order valence-corrected chi connectivity index (χ1v) is 5.50. The van der Waals surface area contributed by atoms with Crippen LogP contribution < -0.4 is 0 Å². The number of carbonyl (C=O) groups is 1. The molecule has 0 bridgehead atoms. The molecule has 0 aliphatic carbocycles. The third kappa shape index (κ3) is 2.13. The fourth-order valence-corrected chi connectivity index (χ4v) is 1.90. The molecule has 0 aromatic carbocycles. The van der Waals surface area contributed by atoms with Crippen LogP contribution >= 0.6 is 0 Å². The second-order valence-corrected chi connectivity index (χ2v) is 4.28. The summed E-state index contributed by atoms with van der Waals surface area (Å²) < 4.78 is 3.44. The summed E-state index contributed by atoms with van der Waals surface area (Å²) in [5.41, 5.74) is 3.62. The summed E-state index contributed by atoms with van der Waals surface area (Å²) in [4.78, 5) is 12.1. The van der Waals surface area contributed by atoms with Crippen molar-refractivity contribution >= 4 is 5.78 Å². The summed E-state index contributed by atoms with van der Waals surface area (Å²) in [6.07, 6.45) is 3.73. The molecule has 2 rings (SSSR count). The molecule has 0 fully saturated rings. The van der Waals surface area contributed by atoms with Crippen LogP contribution in [0.3, 0.4) is 0 Å². The maximum Gasteiger partial charge on any atom is 0.170 e. The van der Waals surface area contributed by atoms with Crippen LogP contribution in [0.5, 0.6) is 0 Å². The fourth-order valence-electron chi connectivity index (χ4n) is 1.90. The number of nitrogens with zero attached hydrogens (tertiary/aromatic N) is 4. The number of Topliss-reactive ketones (excluding diaryl/α,β-unsaturated/α-hetero) is 1. The van der Waals surface area contributed by atoms with E-state index >= 15 is 0 Å². The maximum atomic E-state index is 12.1. The molecule has 0 aliphatic heterocycles. The molecule has 2 aromatic rings. The number of carbonyl (C=O) groups excluding carboxylic acids is 1. The third-order valence-corrected chi connectivity index (χ3v) is 3.02. The molecule has 0 amide bonds. The molecular weight excluding hydrogens is 216 g/mol. The average molecular weight is 232 g/mol. The lowest BCUT2D eigenvalue weighted by Gasteiger charge is -1.99. The van der Waals surface area contributed by atoms with Gasteiger partial charge in [-0.25, -0.2) is 0 Å². The van der Waals surface area contributed by atoms with E-state index in [9.17, 15) is 4.79 Å². The maximum absolute atomic E-state index is 12.1. The van der Waals surface area contributed by atoms with E-state index in [1.54, 1.807) is 28.8 Å². The van der Waals surface area contributed by atoms with E-state index in [0.29, 0.717) is 12.0 Å². The summed E-state index contributed by atoms with van der Waals surface area (Å²) in [6, 6.07) is 0. The van der Waals surface area contributed by atoms with E-state index < -0.39 is 0 Å². The van der Waals surface area contributed by atoms with Gasteiger partial charge < -0.3 is 0 Å². The van der Waals surface area contributed by atoms with Gasteiger partial charge >= 0.3 is 0 Å². The zero-order valence-electron chi connectivity index (χ0n) is 10.6. The van der Waals surface area contributed by atoms with Crippen LogP contribution in [0.4, 0.5) is 0 Å². The molecule has 90 valence electrons. The molecule has 2 heterocycles. The zero-order chi connectivity index (χ0) is 12.6. The van der Waals surface area contributed by atoms with Gasteiger partial charge in [0.1, 0.15) is 0 Å². The number of ketones is 1. The second kappa shape index (κ2) is 4.16. The third-order valence-electron chi connectivity index (χ3n) is 3.02. The molecule has 0 saturated carbocycles. The SMILES string of the molecule is Cc1nn(C)c(C)c1CC(=O)c1cnn(C)c1. The van der Waals surface area contributed by atoms with Crippen LogP contribution in [0.15, 0.2) is 12.4 Å². The van der Waals surface area contributed by atoms with Crippen molar-refractivity contribution in [3.8, 4) is 0 Å². The van der Waals surface area contributed by atoms with Crippen molar-refractivity contribution in [3.05, 3.63) is 34.9 Å². The van der Waals surface area contributed by atoms with Crippen LogP contribution in [0.1, 0.15) is 27.3 Å². The van der Waals surface area contributed by atoms with Crippen molar-refractivity contribution in [3.63, 3.8) is 0 Å². The first kappa shape index (κ1) is 11.6. The number of rotatable bonds is 3. The topological polar surface area (TPSA) is 52.7 Å². The quantitative estimate of drug-likeness (QED) is 0.747. The Morgan fingerprint density at radius 2 is 2.06 bits per heavy atom. The molecule has 0 N–H and O–H groups in total. The standard InChI is InChI=1S/C12H16N4O/c1-8-11(9(2)16(4)14-8)5-12(17)10-6-13-15(3)7-10/h6-7H,5H2,1-4H3. The summed E-state index contributed by atoms with van der Waals surface area (Å²) in [5, 5.41) is 8.31. The highest BCUT2D eigenvalue weighted by molar-refractivity contribution is 5.97. The molecule has 5 nitrogen and oxygen atoms in total. The van der Waals surface area contributed by atoms with Crippen molar-refractivity contribution in [2.45, 2.75) is 20.3 Å². The number of hydrogen-bond acceptors (Lipinski definition) is 3. The fraction of sp³-hybridized carbons (Fsp3) is 0.417. The van der Waals surface area contributed by atoms with E-state index in [-0.39, 0.29) is 5.78 Å².